The van der Waals surface area contributed by atoms with E-state index < -0.39 is 5.41 Å². The smallest absolute Gasteiger partial charge is 0.316 e. The summed E-state index contributed by atoms with van der Waals surface area (Å²) in [6.45, 7) is 0.872. The number of halogens is 2. The standard InChI is InChI=1S/C19H18BrClN2O3/c1-26-18(25)19(13-5-3-2-4-6-13)7-9-23(10-8-19)17(24)15-11-14(20)12-22-16(15)21/h2-6,11-12H,7-10H2,1H3. The second kappa shape index (κ2) is 7.76. The van der Waals surface area contributed by atoms with Crippen LogP contribution in [-0.2, 0) is 14.9 Å². The van der Waals surface area contributed by atoms with Gasteiger partial charge in [0.1, 0.15) is 5.15 Å². The fraction of sp³-hybridized carbons (Fsp3) is 0.316. The lowest BCUT2D eigenvalue weighted by atomic mass is 9.72. The van der Waals surface area contributed by atoms with Gasteiger partial charge in [0.05, 0.1) is 18.1 Å². The van der Waals surface area contributed by atoms with Gasteiger partial charge in [-0.1, -0.05) is 41.9 Å². The Hall–Kier alpha value is -1.92. The van der Waals surface area contributed by atoms with Crippen LogP contribution in [0.2, 0.25) is 5.15 Å². The zero-order valence-corrected chi connectivity index (χ0v) is 16.6. The zero-order chi connectivity index (χ0) is 18.7. The van der Waals surface area contributed by atoms with Crippen LogP contribution in [0.1, 0.15) is 28.8 Å². The Morgan fingerprint density at radius 1 is 1.23 bits per heavy atom. The molecule has 0 radical (unpaired) electrons. The molecule has 1 saturated heterocycles. The van der Waals surface area contributed by atoms with E-state index in [4.69, 9.17) is 16.3 Å². The molecule has 1 aromatic heterocycles. The van der Waals surface area contributed by atoms with Crippen molar-refractivity contribution in [3.8, 4) is 0 Å². The summed E-state index contributed by atoms with van der Waals surface area (Å²) in [6, 6.07) is 11.3. The molecule has 136 valence electrons. The molecule has 0 saturated carbocycles. The fourth-order valence-corrected chi connectivity index (χ4v) is 3.91. The van der Waals surface area contributed by atoms with E-state index in [-0.39, 0.29) is 17.0 Å². The van der Waals surface area contributed by atoms with Crippen LogP contribution in [0.3, 0.4) is 0 Å². The third-order valence-corrected chi connectivity index (χ3v) is 5.58. The lowest BCUT2D eigenvalue weighted by Gasteiger charge is -2.40. The molecule has 26 heavy (non-hydrogen) atoms. The third kappa shape index (κ3) is 3.48. The lowest BCUT2D eigenvalue weighted by molar-refractivity contribution is -0.149. The summed E-state index contributed by atoms with van der Waals surface area (Å²) < 4.78 is 5.77. The molecule has 1 amide bonds. The van der Waals surface area contributed by atoms with Gasteiger partial charge >= 0.3 is 5.97 Å². The summed E-state index contributed by atoms with van der Waals surface area (Å²) in [5.41, 5.74) is 0.541. The molecule has 0 unspecified atom stereocenters. The van der Waals surface area contributed by atoms with Crippen LogP contribution in [0.4, 0.5) is 0 Å². The van der Waals surface area contributed by atoms with E-state index in [0.29, 0.717) is 36.0 Å². The highest BCUT2D eigenvalue weighted by Gasteiger charge is 2.44. The molecule has 0 atom stereocenters. The number of piperidine rings is 1. The SMILES string of the molecule is COC(=O)C1(c2ccccc2)CCN(C(=O)c2cc(Br)cnc2Cl)CC1. The van der Waals surface area contributed by atoms with E-state index in [9.17, 15) is 9.59 Å². The normalized spacial score (nSPS) is 16.2. The molecule has 3 rings (SSSR count). The first kappa shape index (κ1) is 18.9. The van der Waals surface area contributed by atoms with E-state index >= 15 is 0 Å². The van der Waals surface area contributed by atoms with Crippen LogP contribution < -0.4 is 0 Å². The molecule has 1 aliphatic heterocycles. The van der Waals surface area contributed by atoms with Crippen LogP contribution in [0.25, 0.3) is 0 Å². The van der Waals surface area contributed by atoms with Crippen molar-refractivity contribution in [2.45, 2.75) is 18.3 Å². The number of nitrogens with zero attached hydrogens (tertiary/aromatic N) is 2. The first-order valence-electron chi connectivity index (χ1n) is 8.22. The molecule has 0 aliphatic carbocycles. The molecule has 2 aromatic rings. The summed E-state index contributed by atoms with van der Waals surface area (Å²) in [5, 5.41) is 0.172. The monoisotopic (exact) mass is 436 g/mol. The minimum absolute atomic E-state index is 0.172. The second-order valence-corrected chi connectivity index (χ2v) is 7.50. The van der Waals surface area contributed by atoms with Gasteiger partial charge < -0.3 is 9.64 Å². The average molecular weight is 438 g/mol. The summed E-state index contributed by atoms with van der Waals surface area (Å²) >= 11 is 9.39. The van der Waals surface area contributed by atoms with Gasteiger partial charge in [-0.05, 0) is 40.4 Å². The highest BCUT2D eigenvalue weighted by atomic mass is 79.9. The number of methoxy groups -OCH3 is 1. The number of hydrogen-bond acceptors (Lipinski definition) is 4. The minimum Gasteiger partial charge on any atom is -0.468 e. The Labute approximate surface area is 165 Å². The number of aromatic nitrogens is 1. The van der Waals surface area contributed by atoms with Gasteiger partial charge in [-0.15, -0.1) is 0 Å². The van der Waals surface area contributed by atoms with Crippen molar-refractivity contribution in [3.63, 3.8) is 0 Å². The third-order valence-electron chi connectivity index (χ3n) is 4.84. The van der Waals surface area contributed by atoms with E-state index in [1.165, 1.54) is 7.11 Å². The number of pyridine rings is 1. The second-order valence-electron chi connectivity index (χ2n) is 6.22. The highest BCUT2D eigenvalue weighted by Crippen LogP contribution is 2.37. The van der Waals surface area contributed by atoms with E-state index in [2.05, 4.69) is 20.9 Å². The number of amides is 1. The molecule has 5 nitrogen and oxygen atoms in total. The summed E-state index contributed by atoms with van der Waals surface area (Å²) in [4.78, 5) is 31.1. The largest absolute Gasteiger partial charge is 0.468 e. The van der Waals surface area contributed by atoms with Crippen molar-refractivity contribution in [2.75, 3.05) is 20.2 Å². The average Bonchev–Trinajstić information content (AvgIpc) is 2.69. The molecule has 0 bridgehead atoms. The first-order chi connectivity index (χ1) is 12.5. The maximum Gasteiger partial charge on any atom is 0.316 e. The molecule has 2 heterocycles. The lowest BCUT2D eigenvalue weighted by Crippen LogP contribution is -2.49. The number of esters is 1. The van der Waals surface area contributed by atoms with Gasteiger partial charge in [-0.25, -0.2) is 4.98 Å². The molecule has 1 aromatic carbocycles. The maximum atomic E-state index is 12.8. The summed E-state index contributed by atoms with van der Waals surface area (Å²) in [5.74, 6) is -0.451. The molecule has 7 heteroatoms. The fourth-order valence-electron chi connectivity index (χ4n) is 3.40. The number of benzene rings is 1. The molecule has 1 aliphatic rings. The number of hydrogen-bond donors (Lipinski definition) is 0. The van der Waals surface area contributed by atoms with Crippen molar-refractivity contribution >= 4 is 39.4 Å². The molecule has 0 N–H and O–H groups in total. The van der Waals surface area contributed by atoms with E-state index in [1.807, 2.05) is 30.3 Å². The van der Waals surface area contributed by atoms with E-state index in [0.717, 1.165) is 5.56 Å². The van der Waals surface area contributed by atoms with Gasteiger partial charge in [0.15, 0.2) is 0 Å². The Kier molecular flexibility index (Phi) is 5.63. The Bertz CT molecular complexity index is 821. The van der Waals surface area contributed by atoms with Crippen LogP contribution in [-0.4, -0.2) is 42.0 Å². The zero-order valence-electron chi connectivity index (χ0n) is 14.2. The van der Waals surface area contributed by atoms with Gasteiger partial charge in [-0.2, -0.15) is 0 Å². The number of carbonyl (C=O) groups excluding carboxylic acids is 2. The van der Waals surface area contributed by atoms with Crippen molar-refractivity contribution < 1.29 is 14.3 Å². The molecule has 1 fully saturated rings. The van der Waals surface area contributed by atoms with Crippen molar-refractivity contribution in [3.05, 3.63) is 63.3 Å². The quantitative estimate of drug-likeness (QED) is 0.541. The number of rotatable bonds is 3. The van der Waals surface area contributed by atoms with Gasteiger partial charge in [0.2, 0.25) is 0 Å². The van der Waals surface area contributed by atoms with Crippen molar-refractivity contribution in [1.82, 2.24) is 9.88 Å². The maximum absolute atomic E-state index is 12.8. The van der Waals surface area contributed by atoms with E-state index in [1.54, 1.807) is 17.2 Å². The molecular weight excluding hydrogens is 420 g/mol. The number of carbonyl (C=O) groups is 2. The summed E-state index contributed by atoms with van der Waals surface area (Å²) in [7, 11) is 1.40. The van der Waals surface area contributed by atoms with Crippen LogP contribution >= 0.6 is 27.5 Å². The highest BCUT2D eigenvalue weighted by molar-refractivity contribution is 9.10. The predicted molar refractivity (Wildman–Crippen MR) is 102 cm³/mol. The van der Waals surface area contributed by atoms with Gasteiger partial charge in [0, 0.05) is 23.8 Å². The Morgan fingerprint density at radius 2 is 1.88 bits per heavy atom. The van der Waals surface area contributed by atoms with Gasteiger partial charge in [-0.3, -0.25) is 9.59 Å². The number of ether oxygens (including phenoxy) is 1. The molecule has 0 spiro atoms. The topological polar surface area (TPSA) is 59.5 Å². The Morgan fingerprint density at radius 3 is 2.50 bits per heavy atom. The minimum atomic E-state index is -0.730. The van der Waals surface area contributed by atoms with Crippen LogP contribution in [0.15, 0.2) is 47.1 Å². The molecular formula is C19H18BrClN2O3. The first-order valence-corrected chi connectivity index (χ1v) is 9.39. The Balaban J connectivity index is 1.83. The van der Waals surface area contributed by atoms with Crippen molar-refractivity contribution in [2.24, 2.45) is 0 Å². The number of likely N-dealkylation sites (tertiary alicyclic amines) is 1. The summed E-state index contributed by atoms with van der Waals surface area (Å²) in [6.07, 6.45) is 2.54. The van der Waals surface area contributed by atoms with Crippen molar-refractivity contribution in [1.29, 1.82) is 0 Å². The predicted octanol–water partition coefficient (Wildman–Crippen LogP) is 3.84. The van der Waals surface area contributed by atoms with Gasteiger partial charge in [0.25, 0.3) is 5.91 Å². The van der Waals surface area contributed by atoms with Crippen LogP contribution in [0.5, 0.6) is 0 Å². The van der Waals surface area contributed by atoms with Crippen LogP contribution in [0, 0.1) is 0 Å².